The second kappa shape index (κ2) is 5.35. The van der Waals surface area contributed by atoms with Gasteiger partial charge in [-0.3, -0.25) is 4.79 Å². The highest BCUT2D eigenvalue weighted by molar-refractivity contribution is 14.1. The van der Waals surface area contributed by atoms with Crippen molar-refractivity contribution in [2.45, 2.75) is 75.2 Å². The Labute approximate surface area is 154 Å². The van der Waals surface area contributed by atoms with Gasteiger partial charge in [-0.15, -0.1) is 0 Å². The van der Waals surface area contributed by atoms with Crippen LogP contribution >= 0.6 is 22.6 Å². The average molecular weight is 430 g/mol. The van der Waals surface area contributed by atoms with Crippen LogP contribution in [0.3, 0.4) is 0 Å². The van der Waals surface area contributed by atoms with Gasteiger partial charge in [0.1, 0.15) is 9.02 Å². The summed E-state index contributed by atoms with van der Waals surface area (Å²) in [6.07, 6.45) is 7.70. The molecule has 23 heavy (non-hydrogen) atoms. The Bertz CT molecular complexity index is 514. The van der Waals surface area contributed by atoms with Gasteiger partial charge < -0.3 is 4.74 Å². The van der Waals surface area contributed by atoms with Crippen LogP contribution in [-0.2, 0) is 9.53 Å². The first-order valence-corrected chi connectivity index (χ1v) is 10.8. The number of ether oxygens (including phenoxy) is 1. The number of esters is 1. The predicted octanol–water partition coefficient (Wildman–Crippen LogP) is 5.23. The van der Waals surface area contributed by atoms with Gasteiger partial charge in [0, 0.05) is 5.92 Å². The summed E-state index contributed by atoms with van der Waals surface area (Å²) < 4.78 is 6.04. The highest BCUT2D eigenvalue weighted by Gasteiger charge is 2.69. The van der Waals surface area contributed by atoms with Crippen LogP contribution in [0, 0.1) is 41.4 Å². The number of carbonyl (C=O) groups is 1. The van der Waals surface area contributed by atoms with Crippen molar-refractivity contribution in [3.63, 3.8) is 0 Å². The molecule has 3 heteroatoms. The maximum Gasteiger partial charge on any atom is 0.322 e. The fourth-order valence-electron chi connectivity index (χ4n) is 6.95. The highest BCUT2D eigenvalue weighted by atomic mass is 127. The standard InChI is InChI=1S/C20H31IO2/c1-5-19(4,21)18(22)23-20(11(2)3)10-14-9-15(20)17-13-7-6-12(8-13)16(14)17/h11-17H,5-10H2,1-4H3. The summed E-state index contributed by atoms with van der Waals surface area (Å²) in [6.45, 7) is 8.68. The molecule has 4 bridgehead atoms. The second-order valence-electron chi connectivity index (χ2n) is 9.34. The fourth-order valence-corrected chi connectivity index (χ4v) is 7.06. The van der Waals surface area contributed by atoms with Crippen molar-refractivity contribution in [3.8, 4) is 0 Å². The molecular weight excluding hydrogens is 399 g/mol. The van der Waals surface area contributed by atoms with Gasteiger partial charge in [0.25, 0.3) is 0 Å². The Morgan fingerprint density at radius 2 is 1.87 bits per heavy atom. The smallest absolute Gasteiger partial charge is 0.322 e. The monoisotopic (exact) mass is 430 g/mol. The number of rotatable bonds is 4. The lowest BCUT2D eigenvalue weighted by Crippen LogP contribution is -2.53. The first kappa shape index (κ1) is 16.7. The van der Waals surface area contributed by atoms with Gasteiger partial charge in [-0.2, -0.15) is 0 Å². The van der Waals surface area contributed by atoms with Crippen molar-refractivity contribution < 1.29 is 9.53 Å². The van der Waals surface area contributed by atoms with Crippen molar-refractivity contribution in [3.05, 3.63) is 0 Å². The van der Waals surface area contributed by atoms with Gasteiger partial charge in [-0.05, 0) is 81.0 Å². The van der Waals surface area contributed by atoms with Crippen LogP contribution in [0.2, 0.25) is 0 Å². The summed E-state index contributed by atoms with van der Waals surface area (Å²) in [5.74, 6) is 5.72. The van der Waals surface area contributed by atoms with Crippen LogP contribution in [0.15, 0.2) is 0 Å². The Balaban J connectivity index is 1.62. The minimum absolute atomic E-state index is 0.0292. The van der Waals surface area contributed by atoms with E-state index in [4.69, 9.17) is 4.74 Å². The lowest BCUT2D eigenvalue weighted by molar-refractivity contribution is -0.182. The zero-order chi connectivity index (χ0) is 16.6. The third-order valence-electron chi connectivity index (χ3n) is 8.17. The highest BCUT2D eigenvalue weighted by Crippen LogP contribution is 2.71. The van der Waals surface area contributed by atoms with Crippen LogP contribution in [0.25, 0.3) is 0 Å². The summed E-state index contributed by atoms with van der Waals surface area (Å²) in [5.41, 5.74) is -0.172. The van der Waals surface area contributed by atoms with E-state index < -0.39 is 0 Å². The second-order valence-corrected chi connectivity index (χ2v) is 11.7. The predicted molar refractivity (Wildman–Crippen MR) is 100 cm³/mol. The molecular formula is C20H31IO2. The van der Waals surface area contributed by atoms with E-state index in [-0.39, 0.29) is 15.0 Å². The molecule has 0 N–H and O–H groups in total. The molecule has 0 radical (unpaired) electrons. The minimum Gasteiger partial charge on any atom is -0.457 e. The third kappa shape index (κ3) is 2.20. The topological polar surface area (TPSA) is 26.3 Å². The lowest BCUT2D eigenvalue weighted by Gasteiger charge is -2.48. The molecule has 0 aliphatic heterocycles. The number of hydrogen-bond acceptors (Lipinski definition) is 2. The Morgan fingerprint density at radius 1 is 1.22 bits per heavy atom. The third-order valence-corrected chi connectivity index (χ3v) is 9.37. The maximum absolute atomic E-state index is 12.9. The van der Waals surface area contributed by atoms with E-state index in [0.717, 1.165) is 42.4 Å². The van der Waals surface area contributed by atoms with E-state index in [1.807, 2.05) is 6.92 Å². The molecule has 0 amide bonds. The Kier molecular flexibility index (Phi) is 3.87. The van der Waals surface area contributed by atoms with E-state index in [2.05, 4.69) is 43.4 Å². The largest absolute Gasteiger partial charge is 0.457 e. The van der Waals surface area contributed by atoms with Gasteiger partial charge >= 0.3 is 5.97 Å². The molecule has 4 aliphatic carbocycles. The molecule has 0 saturated heterocycles. The number of carbonyl (C=O) groups excluding carboxylic acids is 1. The molecule has 4 fully saturated rings. The molecule has 130 valence electrons. The summed E-state index contributed by atoms with van der Waals surface area (Å²) in [7, 11) is 0. The Morgan fingerprint density at radius 3 is 2.48 bits per heavy atom. The molecule has 0 heterocycles. The van der Waals surface area contributed by atoms with E-state index >= 15 is 0 Å². The first-order chi connectivity index (χ1) is 10.8. The average Bonchev–Trinajstić information content (AvgIpc) is 3.24. The number of hydrogen-bond donors (Lipinski definition) is 0. The van der Waals surface area contributed by atoms with Gasteiger partial charge in [-0.25, -0.2) is 0 Å². The number of fused-ring (bicyclic) bond motifs is 9. The molecule has 0 aromatic heterocycles. The van der Waals surface area contributed by atoms with Crippen molar-refractivity contribution in [1.29, 1.82) is 0 Å². The minimum atomic E-state index is -0.379. The molecule has 0 aromatic rings. The van der Waals surface area contributed by atoms with E-state index in [1.165, 1.54) is 25.7 Å². The maximum atomic E-state index is 12.9. The number of halogens is 1. The zero-order valence-electron chi connectivity index (χ0n) is 15.0. The summed E-state index contributed by atoms with van der Waals surface area (Å²) in [6, 6.07) is 0. The summed E-state index contributed by atoms with van der Waals surface area (Å²) >= 11 is 2.29. The molecule has 4 rings (SSSR count). The van der Waals surface area contributed by atoms with Crippen molar-refractivity contribution in [1.82, 2.24) is 0 Å². The van der Waals surface area contributed by atoms with Crippen LogP contribution in [0.1, 0.15) is 66.2 Å². The molecule has 2 nitrogen and oxygen atoms in total. The van der Waals surface area contributed by atoms with Crippen LogP contribution in [0.5, 0.6) is 0 Å². The molecule has 0 spiro atoms. The molecule has 0 aromatic carbocycles. The van der Waals surface area contributed by atoms with Gasteiger partial charge in [0.2, 0.25) is 0 Å². The summed E-state index contributed by atoms with van der Waals surface area (Å²) in [5, 5.41) is 0. The van der Waals surface area contributed by atoms with Crippen LogP contribution in [-0.4, -0.2) is 15.0 Å². The normalized spacial score (nSPS) is 49.5. The van der Waals surface area contributed by atoms with E-state index in [0.29, 0.717) is 11.8 Å². The first-order valence-electron chi connectivity index (χ1n) is 9.72. The van der Waals surface area contributed by atoms with Gasteiger partial charge in [0.15, 0.2) is 0 Å². The number of alkyl halides is 1. The van der Waals surface area contributed by atoms with Gasteiger partial charge in [-0.1, -0.05) is 43.4 Å². The molecule has 8 unspecified atom stereocenters. The SMILES string of the molecule is CCC(C)(I)C(=O)OC1(C(C)C)CC2CC1C1C3CCC(C3)C21. The van der Waals surface area contributed by atoms with E-state index in [1.54, 1.807) is 0 Å². The van der Waals surface area contributed by atoms with Crippen molar-refractivity contribution >= 4 is 28.6 Å². The molecule has 4 aliphatic rings. The zero-order valence-corrected chi connectivity index (χ0v) is 17.1. The Hall–Kier alpha value is 0.200. The summed E-state index contributed by atoms with van der Waals surface area (Å²) in [4.78, 5) is 12.9. The fraction of sp³-hybridized carbons (Fsp3) is 0.950. The van der Waals surface area contributed by atoms with Crippen molar-refractivity contribution in [2.24, 2.45) is 41.4 Å². The quantitative estimate of drug-likeness (QED) is 0.264. The molecule has 8 atom stereocenters. The lowest BCUT2D eigenvalue weighted by atomic mass is 9.63. The van der Waals surface area contributed by atoms with E-state index in [9.17, 15) is 4.79 Å². The van der Waals surface area contributed by atoms with Gasteiger partial charge in [0.05, 0.1) is 0 Å². The van der Waals surface area contributed by atoms with Crippen LogP contribution in [0.4, 0.5) is 0 Å². The van der Waals surface area contributed by atoms with Crippen LogP contribution < -0.4 is 0 Å². The van der Waals surface area contributed by atoms with Crippen molar-refractivity contribution in [2.75, 3.05) is 0 Å². The molecule has 4 saturated carbocycles.